The molecule has 1 rings (SSSR count). The van der Waals surface area contributed by atoms with Crippen LogP contribution in [0.1, 0.15) is 17.3 Å². The van der Waals surface area contributed by atoms with Gasteiger partial charge in [-0.05, 0) is 29.5 Å². The van der Waals surface area contributed by atoms with Gasteiger partial charge in [0.1, 0.15) is 5.56 Å². The van der Waals surface area contributed by atoms with Gasteiger partial charge in [0.15, 0.2) is 0 Å². The van der Waals surface area contributed by atoms with Crippen molar-refractivity contribution in [2.45, 2.75) is 6.92 Å². The highest BCUT2D eigenvalue weighted by molar-refractivity contribution is 14.1. The lowest BCUT2D eigenvalue weighted by molar-refractivity contribution is 0.0527. The summed E-state index contributed by atoms with van der Waals surface area (Å²) >= 11 is 2.02. The lowest BCUT2D eigenvalue weighted by Crippen LogP contribution is -2.09. The number of nitrogen functional groups attached to an aromatic ring is 1. The fourth-order valence-corrected chi connectivity index (χ4v) is 1.27. The summed E-state index contributed by atoms with van der Waals surface area (Å²) in [6, 6.07) is 0. The van der Waals surface area contributed by atoms with Crippen LogP contribution in [0.25, 0.3) is 0 Å². The molecule has 0 unspecified atom stereocenters. The molecule has 2 N–H and O–H groups in total. The number of carbonyl (C=O) groups excluding carboxylic acids is 1. The third-order valence-corrected chi connectivity index (χ3v) is 2.29. The third kappa shape index (κ3) is 2.30. The van der Waals surface area contributed by atoms with E-state index in [-0.39, 0.29) is 0 Å². The number of hydrogen-bond acceptors (Lipinski definition) is 4. The summed E-state index contributed by atoms with van der Waals surface area (Å²) < 4.78 is 5.55. The first-order chi connectivity index (χ1) is 6.16. The maximum absolute atomic E-state index is 11.3. The number of halogens is 1. The van der Waals surface area contributed by atoms with Gasteiger partial charge in [0.05, 0.1) is 15.9 Å². The van der Waals surface area contributed by atoms with E-state index in [1.54, 1.807) is 13.1 Å². The maximum Gasteiger partial charge on any atom is 0.341 e. The SMILES string of the molecule is CCOC(=O)c1cncc(I)c1N. The number of pyridine rings is 1. The molecule has 70 valence electrons. The van der Waals surface area contributed by atoms with Crippen LogP contribution in [-0.4, -0.2) is 17.6 Å². The van der Waals surface area contributed by atoms with E-state index in [4.69, 9.17) is 10.5 Å². The van der Waals surface area contributed by atoms with Crippen LogP contribution >= 0.6 is 22.6 Å². The van der Waals surface area contributed by atoms with Crippen LogP contribution in [0.5, 0.6) is 0 Å². The van der Waals surface area contributed by atoms with E-state index in [1.165, 1.54) is 6.20 Å². The van der Waals surface area contributed by atoms with Crippen LogP contribution in [0.15, 0.2) is 12.4 Å². The minimum absolute atomic E-state index is 0.328. The highest BCUT2D eigenvalue weighted by Gasteiger charge is 2.12. The average molecular weight is 292 g/mol. The molecule has 0 bridgehead atoms. The van der Waals surface area contributed by atoms with Crippen LogP contribution < -0.4 is 5.73 Å². The number of anilines is 1. The van der Waals surface area contributed by atoms with E-state index in [1.807, 2.05) is 22.6 Å². The van der Waals surface area contributed by atoms with Gasteiger partial charge in [-0.25, -0.2) is 4.79 Å². The molecular formula is C8H9IN2O2. The minimum atomic E-state index is -0.425. The van der Waals surface area contributed by atoms with Crippen molar-refractivity contribution in [2.75, 3.05) is 12.3 Å². The molecule has 4 nitrogen and oxygen atoms in total. The summed E-state index contributed by atoms with van der Waals surface area (Å²) in [4.78, 5) is 15.1. The lowest BCUT2D eigenvalue weighted by Gasteiger charge is -2.05. The van der Waals surface area contributed by atoms with Crippen molar-refractivity contribution in [3.05, 3.63) is 21.5 Å². The lowest BCUT2D eigenvalue weighted by atomic mass is 10.2. The molecule has 0 aliphatic carbocycles. The fraction of sp³-hybridized carbons (Fsp3) is 0.250. The molecule has 0 atom stereocenters. The molecule has 0 aliphatic heterocycles. The van der Waals surface area contributed by atoms with Gasteiger partial charge in [-0.2, -0.15) is 0 Å². The van der Waals surface area contributed by atoms with E-state index in [0.29, 0.717) is 17.9 Å². The van der Waals surface area contributed by atoms with Crippen molar-refractivity contribution < 1.29 is 9.53 Å². The first-order valence-corrected chi connectivity index (χ1v) is 4.80. The summed E-state index contributed by atoms with van der Waals surface area (Å²) in [6.07, 6.45) is 3.01. The molecule has 0 saturated heterocycles. The summed E-state index contributed by atoms with van der Waals surface area (Å²) in [7, 11) is 0. The minimum Gasteiger partial charge on any atom is -0.462 e. The molecular weight excluding hydrogens is 283 g/mol. The fourth-order valence-electron chi connectivity index (χ4n) is 0.816. The molecule has 0 radical (unpaired) electrons. The Labute approximate surface area is 89.6 Å². The Bertz CT molecular complexity index is 328. The number of nitrogens with zero attached hydrogens (tertiary/aromatic N) is 1. The maximum atomic E-state index is 11.3. The Morgan fingerprint density at radius 3 is 3.00 bits per heavy atom. The molecule has 0 aliphatic rings. The van der Waals surface area contributed by atoms with Gasteiger partial charge >= 0.3 is 5.97 Å². The third-order valence-electron chi connectivity index (χ3n) is 1.43. The molecule has 0 aromatic carbocycles. The van der Waals surface area contributed by atoms with E-state index >= 15 is 0 Å². The quantitative estimate of drug-likeness (QED) is 0.662. The first kappa shape index (κ1) is 10.2. The Hall–Kier alpha value is -0.850. The number of rotatable bonds is 2. The zero-order valence-corrected chi connectivity index (χ0v) is 9.24. The molecule has 0 amide bonds. The van der Waals surface area contributed by atoms with Gasteiger partial charge in [-0.15, -0.1) is 0 Å². The highest BCUT2D eigenvalue weighted by atomic mass is 127. The molecule has 0 fully saturated rings. The molecule has 1 heterocycles. The van der Waals surface area contributed by atoms with E-state index in [2.05, 4.69) is 4.98 Å². The van der Waals surface area contributed by atoms with Crippen molar-refractivity contribution in [2.24, 2.45) is 0 Å². The standard InChI is InChI=1S/C8H9IN2O2/c1-2-13-8(12)5-3-11-4-6(9)7(5)10/h3-4H,2H2,1H3,(H2,10,11). The number of ether oxygens (including phenoxy) is 1. The first-order valence-electron chi connectivity index (χ1n) is 3.73. The Kier molecular flexibility index (Phi) is 3.47. The van der Waals surface area contributed by atoms with Gasteiger partial charge in [0.25, 0.3) is 0 Å². The van der Waals surface area contributed by atoms with Crippen LogP contribution in [0, 0.1) is 3.57 Å². The van der Waals surface area contributed by atoms with Gasteiger partial charge in [-0.1, -0.05) is 0 Å². The van der Waals surface area contributed by atoms with E-state index < -0.39 is 5.97 Å². The molecule has 1 aromatic rings. The van der Waals surface area contributed by atoms with Crippen LogP contribution in [-0.2, 0) is 4.74 Å². The van der Waals surface area contributed by atoms with Gasteiger partial charge in [-0.3, -0.25) is 4.98 Å². The van der Waals surface area contributed by atoms with Crippen LogP contribution in [0.3, 0.4) is 0 Å². The summed E-state index contributed by atoms with van der Waals surface area (Å²) in [5, 5.41) is 0. The molecule has 1 aromatic heterocycles. The van der Waals surface area contributed by atoms with Gasteiger partial charge in [0.2, 0.25) is 0 Å². The van der Waals surface area contributed by atoms with Crippen molar-refractivity contribution in [1.82, 2.24) is 4.98 Å². The predicted molar refractivity (Wildman–Crippen MR) is 57.3 cm³/mol. The Morgan fingerprint density at radius 1 is 1.69 bits per heavy atom. The van der Waals surface area contributed by atoms with Gasteiger partial charge in [0, 0.05) is 12.4 Å². The van der Waals surface area contributed by atoms with Crippen LogP contribution in [0.2, 0.25) is 0 Å². The summed E-state index contributed by atoms with van der Waals surface area (Å²) in [6.45, 7) is 2.08. The normalized spacial score (nSPS) is 9.69. The number of aromatic nitrogens is 1. The zero-order chi connectivity index (χ0) is 9.84. The molecule has 5 heteroatoms. The monoisotopic (exact) mass is 292 g/mol. The zero-order valence-electron chi connectivity index (χ0n) is 7.08. The number of esters is 1. The largest absolute Gasteiger partial charge is 0.462 e. The predicted octanol–water partition coefficient (Wildman–Crippen LogP) is 1.45. The summed E-state index contributed by atoms with van der Waals surface area (Å²) in [5.74, 6) is -0.425. The topological polar surface area (TPSA) is 65.2 Å². The molecule has 0 saturated carbocycles. The summed E-state index contributed by atoms with van der Waals surface area (Å²) in [5.41, 5.74) is 6.42. The van der Waals surface area contributed by atoms with Crippen LogP contribution in [0.4, 0.5) is 5.69 Å². The number of carbonyl (C=O) groups is 1. The second kappa shape index (κ2) is 4.40. The van der Waals surface area contributed by atoms with E-state index in [0.717, 1.165) is 3.57 Å². The number of hydrogen-bond donors (Lipinski definition) is 1. The highest BCUT2D eigenvalue weighted by Crippen LogP contribution is 2.18. The molecule has 13 heavy (non-hydrogen) atoms. The van der Waals surface area contributed by atoms with Gasteiger partial charge < -0.3 is 10.5 Å². The van der Waals surface area contributed by atoms with Crippen molar-refractivity contribution in [3.63, 3.8) is 0 Å². The number of nitrogens with two attached hydrogens (primary N) is 1. The molecule has 0 spiro atoms. The second-order valence-electron chi connectivity index (χ2n) is 2.30. The second-order valence-corrected chi connectivity index (χ2v) is 3.47. The van der Waals surface area contributed by atoms with Crippen molar-refractivity contribution in [1.29, 1.82) is 0 Å². The van der Waals surface area contributed by atoms with E-state index in [9.17, 15) is 4.79 Å². The Balaban J connectivity index is 3.01. The Morgan fingerprint density at radius 2 is 2.38 bits per heavy atom. The van der Waals surface area contributed by atoms with Crippen molar-refractivity contribution in [3.8, 4) is 0 Å². The van der Waals surface area contributed by atoms with Crippen molar-refractivity contribution >= 4 is 34.2 Å². The average Bonchev–Trinajstić information content (AvgIpc) is 2.10. The smallest absolute Gasteiger partial charge is 0.341 e.